The molecule has 3 aromatic rings. The summed E-state index contributed by atoms with van der Waals surface area (Å²) in [5.74, 6) is 1.66. The second kappa shape index (κ2) is 8.97. The standard InChI is InChI=1S/C24H25N3O3/c1-29-22-13-17(15-27-12-11-20(16-27)18-5-3-2-4-6-18)7-9-21(22)30-23-10-8-19(14-26-23)24(25)28/h2-10,13-14,20H,11-12,15-16H2,1H3,(H2,25,28). The molecule has 1 aliphatic rings. The third-order valence-corrected chi connectivity index (χ3v) is 5.41. The van der Waals surface area contributed by atoms with Gasteiger partial charge >= 0.3 is 0 Å². The summed E-state index contributed by atoms with van der Waals surface area (Å²) in [6.45, 7) is 3.00. The van der Waals surface area contributed by atoms with Gasteiger partial charge in [0.1, 0.15) is 0 Å². The lowest BCUT2D eigenvalue weighted by Gasteiger charge is -2.18. The van der Waals surface area contributed by atoms with Gasteiger partial charge in [-0.15, -0.1) is 0 Å². The number of carbonyl (C=O) groups excluding carboxylic acids is 1. The number of benzene rings is 2. The number of pyridine rings is 1. The molecule has 1 fully saturated rings. The molecule has 30 heavy (non-hydrogen) atoms. The molecule has 0 saturated carbocycles. The highest BCUT2D eigenvalue weighted by Crippen LogP contribution is 2.33. The number of primary amides is 1. The van der Waals surface area contributed by atoms with Crippen molar-refractivity contribution < 1.29 is 14.3 Å². The van der Waals surface area contributed by atoms with Gasteiger partial charge < -0.3 is 15.2 Å². The molecule has 4 rings (SSSR count). The van der Waals surface area contributed by atoms with Crippen molar-refractivity contribution in [2.24, 2.45) is 5.73 Å². The van der Waals surface area contributed by atoms with Crippen molar-refractivity contribution in [2.75, 3.05) is 20.2 Å². The third-order valence-electron chi connectivity index (χ3n) is 5.41. The highest BCUT2D eigenvalue weighted by Gasteiger charge is 2.24. The first-order chi connectivity index (χ1) is 14.6. The topological polar surface area (TPSA) is 77.7 Å². The number of ether oxygens (including phenoxy) is 2. The van der Waals surface area contributed by atoms with E-state index in [1.165, 1.54) is 23.7 Å². The Labute approximate surface area is 176 Å². The van der Waals surface area contributed by atoms with Gasteiger partial charge in [0.15, 0.2) is 11.5 Å². The van der Waals surface area contributed by atoms with Crippen LogP contribution in [0, 0.1) is 0 Å². The van der Waals surface area contributed by atoms with Crippen LogP contribution in [-0.4, -0.2) is 36.0 Å². The Kier molecular flexibility index (Phi) is 5.95. The van der Waals surface area contributed by atoms with E-state index in [9.17, 15) is 4.79 Å². The molecule has 6 nitrogen and oxygen atoms in total. The first-order valence-electron chi connectivity index (χ1n) is 10.0. The number of hydrogen-bond acceptors (Lipinski definition) is 5. The molecule has 1 amide bonds. The van der Waals surface area contributed by atoms with Crippen LogP contribution in [0.15, 0.2) is 66.9 Å². The van der Waals surface area contributed by atoms with Crippen LogP contribution in [0.5, 0.6) is 17.4 Å². The molecule has 6 heteroatoms. The first kappa shape index (κ1) is 19.9. The minimum Gasteiger partial charge on any atom is -0.493 e. The molecule has 1 atom stereocenters. The lowest BCUT2D eigenvalue weighted by Crippen LogP contribution is -2.19. The van der Waals surface area contributed by atoms with Crippen molar-refractivity contribution in [1.82, 2.24) is 9.88 Å². The monoisotopic (exact) mass is 403 g/mol. The Morgan fingerprint density at radius 2 is 1.97 bits per heavy atom. The molecule has 1 saturated heterocycles. The third kappa shape index (κ3) is 4.60. The van der Waals surface area contributed by atoms with E-state index in [0.717, 1.165) is 19.6 Å². The molecule has 0 bridgehead atoms. The summed E-state index contributed by atoms with van der Waals surface area (Å²) in [6.07, 6.45) is 2.57. The van der Waals surface area contributed by atoms with Crippen molar-refractivity contribution in [2.45, 2.75) is 18.9 Å². The minimum absolute atomic E-state index is 0.337. The second-order valence-electron chi connectivity index (χ2n) is 7.47. The number of amides is 1. The predicted octanol–water partition coefficient (Wildman–Crippen LogP) is 3.97. The van der Waals surface area contributed by atoms with E-state index in [1.54, 1.807) is 19.2 Å². The summed E-state index contributed by atoms with van der Waals surface area (Å²) >= 11 is 0. The van der Waals surface area contributed by atoms with Gasteiger partial charge in [0.05, 0.1) is 12.7 Å². The number of methoxy groups -OCH3 is 1. The number of carbonyl (C=O) groups is 1. The normalized spacial score (nSPS) is 16.4. The van der Waals surface area contributed by atoms with Crippen molar-refractivity contribution in [1.29, 1.82) is 0 Å². The smallest absolute Gasteiger partial charge is 0.250 e. The lowest BCUT2D eigenvalue weighted by atomic mass is 9.99. The van der Waals surface area contributed by atoms with Crippen molar-refractivity contribution in [3.05, 3.63) is 83.6 Å². The Morgan fingerprint density at radius 3 is 2.67 bits per heavy atom. The molecule has 2 aromatic carbocycles. The van der Waals surface area contributed by atoms with Crippen LogP contribution in [0.4, 0.5) is 0 Å². The van der Waals surface area contributed by atoms with Gasteiger partial charge in [0.25, 0.3) is 0 Å². The van der Waals surface area contributed by atoms with E-state index in [2.05, 4.69) is 40.2 Å². The van der Waals surface area contributed by atoms with Crippen LogP contribution in [0.3, 0.4) is 0 Å². The molecule has 154 valence electrons. The fraction of sp³-hybridized carbons (Fsp3) is 0.250. The van der Waals surface area contributed by atoms with Gasteiger partial charge in [0.2, 0.25) is 11.8 Å². The van der Waals surface area contributed by atoms with E-state index < -0.39 is 5.91 Å². The largest absolute Gasteiger partial charge is 0.493 e. The summed E-state index contributed by atoms with van der Waals surface area (Å²) in [5.41, 5.74) is 8.17. The van der Waals surface area contributed by atoms with E-state index >= 15 is 0 Å². The van der Waals surface area contributed by atoms with Crippen molar-refractivity contribution >= 4 is 5.91 Å². The SMILES string of the molecule is COc1cc(CN2CCC(c3ccccc3)C2)ccc1Oc1ccc(C(N)=O)cn1. The number of likely N-dealkylation sites (tertiary alicyclic amines) is 1. The lowest BCUT2D eigenvalue weighted by molar-refractivity contribution is 0.1000. The summed E-state index contributed by atoms with van der Waals surface area (Å²) < 4.78 is 11.4. The number of aromatic nitrogens is 1. The number of nitrogens with two attached hydrogens (primary N) is 1. The summed E-state index contributed by atoms with van der Waals surface area (Å²) in [4.78, 5) is 17.8. The van der Waals surface area contributed by atoms with Gasteiger partial charge in [-0.1, -0.05) is 36.4 Å². The van der Waals surface area contributed by atoms with Gasteiger partial charge in [-0.05, 0) is 48.2 Å². The van der Waals surface area contributed by atoms with E-state index in [1.807, 2.05) is 18.2 Å². The molecule has 0 spiro atoms. The van der Waals surface area contributed by atoms with Crippen LogP contribution in [-0.2, 0) is 6.54 Å². The van der Waals surface area contributed by atoms with Gasteiger partial charge in [-0.25, -0.2) is 4.98 Å². The molecule has 1 unspecified atom stereocenters. The summed E-state index contributed by atoms with van der Waals surface area (Å²) in [7, 11) is 1.62. The minimum atomic E-state index is -0.521. The zero-order chi connectivity index (χ0) is 20.9. The zero-order valence-electron chi connectivity index (χ0n) is 17.0. The second-order valence-corrected chi connectivity index (χ2v) is 7.47. The van der Waals surface area contributed by atoms with Crippen molar-refractivity contribution in [3.63, 3.8) is 0 Å². The van der Waals surface area contributed by atoms with Crippen LogP contribution < -0.4 is 15.2 Å². The molecule has 0 aliphatic carbocycles. The van der Waals surface area contributed by atoms with Crippen LogP contribution in [0.2, 0.25) is 0 Å². The van der Waals surface area contributed by atoms with Crippen molar-refractivity contribution in [3.8, 4) is 17.4 Å². The van der Waals surface area contributed by atoms with E-state index in [-0.39, 0.29) is 0 Å². The molecule has 0 radical (unpaired) electrons. The molecule has 2 heterocycles. The van der Waals surface area contributed by atoms with Crippen LogP contribution in [0.25, 0.3) is 0 Å². The average molecular weight is 403 g/mol. The Bertz CT molecular complexity index is 1010. The molecular weight excluding hydrogens is 378 g/mol. The van der Waals surface area contributed by atoms with Gasteiger partial charge in [0, 0.05) is 25.4 Å². The first-order valence-corrected chi connectivity index (χ1v) is 10.0. The van der Waals surface area contributed by atoms with Gasteiger partial charge in [-0.3, -0.25) is 9.69 Å². The maximum absolute atomic E-state index is 11.2. The maximum atomic E-state index is 11.2. The Hall–Kier alpha value is -3.38. The van der Waals surface area contributed by atoms with Crippen LogP contribution in [0.1, 0.15) is 33.8 Å². The quantitative estimate of drug-likeness (QED) is 0.646. The number of nitrogens with zero attached hydrogens (tertiary/aromatic N) is 2. The predicted molar refractivity (Wildman–Crippen MR) is 115 cm³/mol. The van der Waals surface area contributed by atoms with E-state index in [0.29, 0.717) is 28.9 Å². The maximum Gasteiger partial charge on any atom is 0.250 e. The Balaban J connectivity index is 1.41. The van der Waals surface area contributed by atoms with E-state index in [4.69, 9.17) is 15.2 Å². The molecular formula is C24H25N3O3. The summed E-state index contributed by atoms with van der Waals surface area (Å²) in [6, 6.07) is 19.9. The van der Waals surface area contributed by atoms with Crippen LogP contribution >= 0.6 is 0 Å². The highest BCUT2D eigenvalue weighted by atomic mass is 16.5. The number of hydrogen-bond donors (Lipinski definition) is 1. The van der Waals surface area contributed by atoms with Gasteiger partial charge in [-0.2, -0.15) is 0 Å². The summed E-state index contributed by atoms with van der Waals surface area (Å²) in [5, 5.41) is 0. The Morgan fingerprint density at radius 1 is 1.13 bits per heavy atom. The molecule has 1 aliphatic heterocycles. The molecule has 2 N–H and O–H groups in total. The average Bonchev–Trinajstić information content (AvgIpc) is 3.24. The highest BCUT2D eigenvalue weighted by molar-refractivity contribution is 5.92. The fourth-order valence-corrected chi connectivity index (χ4v) is 3.83. The molecule has 1 aromatic heterocycles. The zero-order valence-corrected chi connectivity index (χ0v) is 17.0. The fourth-order valence-electron chi connectivity index (χ4n) is 3.83. The number of rotatable bonds is 7.